The molecule has 0 saturated carbocycles. The fourth-order valence-corrected chi connectivity index (χ4v) is 1.98. The number of hydrogen-bond acceptors (Lipinski definition) is 4. The van der Waals surface area contributed by atoms with E-state index in [0.29, 0.717) is 13.2 Å². The highest BCUT2D eigenvalue weighted by molar-refractivity contribution is 5.32. The minimum atomic E-state index is 0.115. The molecule has 4 heteroatoms. The normalized spacial score (nSPS) is 23.7. The van der Waals surface area contributed by atoms with Gasteiger partial charge < -0.3 is 19.5 Å². The highest BCUT2D eigenvalue weighted by Crippen LogP contribution is 2.19. The Morgan fingerprint density at radius 1 is 1.28 bits per heavy atom. The van der Waals surface area contributed by atoms with Crippen LogP contribution in [-0.2, 0) is 4.74 Å². The molecule has 1 aliphatic rings. The van der Waals surface area contributed by atoms with Crippen molar-refractivity contribution in [2.75, 3.05) is 26.3 Å². The summed E-state index contributed by atoms with van der Waals surface area (Å²) in [7, 11) is 0. The molecule has 1 fully saturated rings. The van der Waals surface area contributed by atoms with Gasteiger partial charge in [0.1, 0.15) is 24.2 Å². The lowest BCUT2D eigenvalue weighted by molar-refractivity contribution is -0.0470. The Labute approximate surface area is 108 Å². The van der Waals surface area contributed by atoms with E-state index in [0.717, 1.165) is 24.6 Å². The Balaban J connectivity index is 1.83. The average molecular weight is 251 g/mol. The minimum Gasteiger partial charge on any atom is -0.494 e. The smallest absolute Gasteiger partial charge is 0.123 e. The standard InChI is InChI=1S/C14H21NO3/c1-3-16-12-5-4-6-13(7-12)17-10-14-9-15-8-11(2)18-14/h4-7,11,14-15H,3,8-10H2,1-2H3. The van der Waals surface area contributed by atoms with E-state index in [1.807, 2.05) is 31.2 Å². The number of rotatable bonds is 5. The third kappa shape index (κ3) is 3.89. The molecule has 100 valence electrons. The monoisotopic (exact) mass is 251 g/mol. The number of benzene rings is 1. The highest BCUT2D eigenvalue weighted by Gasteiger charge is 2.19. The predicted molar refractivity (Wildman–Crippen MR) is 70.3 cm³/mol. The molecule has 1 aromatic rings. The molecule has 18 heavy (non-hydrogen) atoms. The third-order valence-electron chi connectivity index (χ3n) is 2.78. The zero-order valence-electron chi connectivity index (χ0n) is 11.0. The van der Waals surface area contributed by atoms with E-state index in [9.17, 15) is 0 Å². The van der Waals surface area contributed by atoms with Crippen molar-refractivity contribution in [3.63, 3.8) is 0 Å². The van der Waals surface area contributed by atoms with Gasteiger partial charge in [-0.3, -0.25) is 0 Å². The van der Waals surface area contributed by atoms with Gasteiger partial charge in [-0.15, -0.1) is 0 Å². The van der Waals surface area contributed by atoms with Crippen LogP contribution in [0.1, 0.15) is 13.8 Å². The van der Waals surface area contributed by atoms with Crippen molar-refractivity contribution >= 4 is 0 Å². The number of nitrogens with one attached hydrogen (secondary N) is 1. The van der Waals surface area contributed by atoms with E-state index in [4.69, 9.17) is 14.2 Å². The van der Waals surface area contributed by atoms with Crippen molar-refractivity contribution in [1.29, 1.82) is 0 Å². The molecule has 1 aromatic carbocycles. The summed E-state index contributed by atoms with van der Waals surface area (Å²) in [6, 6.07) is 7.70. The summed E-state index contributed by atoms with van der Waals surface area (Å²) in [5.41, 5.74) is 0. The maximum absolute atomic E-state index is 5.77. The summed E-state index contributed by atoms with van der Waals surface area (Å²) < 4.78 is 16.9. The largest absolute Gasteiger partial charge is 0.494 e. The lowest BCUT2D eigenvalue weighted by Gasteiger charge is -2.28. The van der Waals surface area contributed by atoms with Crippen LogP contribution in [0.4, 0.5) is 0 Å². The maximum atomic E-state index is 5.77. The second-order valence-corrected chi connectivity index (χ2v) is 4.45. The molecule has 2 atom stereocenters. The first-order chi connectivity index (χ1) is 8.78. The first kappa shape index (κ1) is 13.2. The predicted octanol–water partition coefficient (Wildman–Crippen LogP) is 1.84. The molecule has 1 aliphatic heterocycles. The molecule has 1 N–H and O–H groups in total. The molecule has 0 radical (unpaired) electrons. The van der Waals surface area contributed by atoms with Crippen LogP contribution in [-0.4, -0.2) is 38.5 Å². The zero-order chi connectivity index (χ0) is 12.8. The van der Waals surface area contributed by atoms with Crippen LogP contribution in [0.15, 0.2) is 24.3 Å². The number of hydrogen-bond donors (Lipinski definition) is 1. The molecule has 2 unspecified atom stereocenters. The minimum absolute atomic E-state index is 0.115. The first-order valence-electron chi connectivity index (χ1n) is 6.49. The third-order valence-corrected chi connectivity index (χ3v) is 2.78. The van der Waals surface area contributed by atoms with Crippen LogP contribution in [0, 0.1) is 0 Å². The van der Waals surface area contributed by atoms with Gasteiger partial charge >= 0.3 is 0 Å². The Morgan fingerprint density at radius 3 is 2.78 bits per heavy atom. The Morgan fingerprint density at radius 2 is 2.06 bits per heavy atom. The zero-order valence-corrected chi connectivity index (χ0v) is 11.0. The van der Waals surface area contributed by atoms with Gasteiger partial charge in [0.15, 0.2) is 0 Å². The molecule has 0 aliphatic carbocycles. The van der Waals surface area contributed by atoms with E-state index >= 15 is 0 Å². The number of ether oxygens (including phenoxy) is 3. The Kier molecular flexibility index (Phi) is 4.84. The molecule has 0 bridgehead atoms. The van der Waals surface area contributed by atoms with E-state index in [1.54, 1.807) is 0 Å². The molecule has 2 rings (SSSR count). The summed E-state index contributed by atoms with van der Waals surface area (Å²) in [5, 5.41) is 3.32. The molecular weight excluding hydrogens is 230 g/mol. The topological polar surface area (TPSA) is 39.7 Å². The van der Waals surface area contributed by atoms with Gasteiger partial charge in [0.05, 0.1) is 12.7 Å². The van der Waals surface area contributed by atoms with Gasteiger partial charge in [0, 0.05) is 19.2 Å². The molecule has 0 amide bonds. The van der Waals surface area contributed by atoms with E-state index in [2.05, 4.69) is 12.2 Å². The van der Waals surface area contributed by atoms with Crippen LogP contribution in [0.3, 0.4) is 0 Å². The lowest BCUT2D eigenvalue weighted by atomic mass is 10.2. The van der Waals surface area contributed by atoms with Crippen LogP contribution in [0.5, 0.6) is 11.5 Å². The van der Waals surface area contributed by atoms with Crippen molar-refractivity contribution in [2.24, 2.45) is 0 Å². The van der Waals surface area contributed by atoms with Gasteiger partial charge in [0.2, 0.25) is 0 Å². The van der Waals surface area contributed by atoms with Crippen molar-refractivity contribution < 1.29 is 14.2 Å². The second kappa shape index (κ2) is 6.61. The fraction of sp³-hybridized carbons (Fsp3) is 0.571. The molecule has 0 spiro atoms. The maximum Gasteiger partial charge on any atom is 0.123 e. The van der Waals surface area contributed by atoms with Gasteiger partial charge in [-0.25, -0.2) is 0 Å². The molecule has 1 heterocycles. The van der Waals surface area contributed by atoms with Crippen molar-refractivity contribution in [3.05, 3.63) is 24.3 Å². The van der Waals surface area contributed by atoms with E-state index in [-0.39, 0.29) is 12.2 Å². The lowest BCUT2D eigenvalue weighted by Crippen LogP contribution is -2.45. The van der Waals surface area contributed by atoms with Crippen LogP contribution in [0.25, 0.3) is 0 Å². The van der Waals surface area contributed by atoms with E-state index < -0.39 is 0 Å². The summed E-state index contributed by atoms with van der Waals surface area (Å²) in [5.74, 6) is 1.66. The van der Waals surface area contributed by atoms with Crippen molar-refractivity contribution in [1.82, 2.24) is 5.32 Å². The summed E-state index contributed by atoms with van der Waals surface area (Å²) in [6.07, 6.45) is 0.367. The van der Waals surface area contributed by atoms with Gasteiger partial charge in [-0.1, -0.05) is 6.07 Å². The quantitative estimate of drug-likeness (QED) is 0.867. The number of morpholine rings is 1. The fourth-order valence-electron chi connectivity index (χ4n) is 1.98. The molecule has 0 aromatic heterocycles. The highest BCUT2D eigenvalue weighted by atomic mass is 16.5. The van der Waals surface area contributed by atoms with Crippen molar-refractivity contribution in [2.45, 2.75) is 26.1 Å². The SMILES string of the molecule is CCOc1cccc(OCC2CNCC(C)O2)c1. The second-order valence-electron chi connectivity index (χ2n) is 4.45. The van der Waals surface area contributed by atoms with E-state index in [1.165, 1.54) is 0 Å². The Bertz CT molecular complexity index is 370. The summed E-state index contributed by atoms with van der Waals surface area (Å²) in [4.78, 5) is 0. The first-order valence-corrected chi connectivity index (χ1v) is 6.49. The molecule has 1 saturated heterocycles. The van der Waals surface area contributed by atoms with Gasteiger partial charge in [-0.2, -0.15) is 0 Å². The van der Waals surface area contributed by atoms with Gasteiger partial charge in [0.25, 0.3) is 0 Å². The van der Waals surface area contributed by atoms with Gasteiger partial charge in [-0.05, 0) is 26.0 Å². The molecular formula is C14H21NO3. The van der Waals surface area contributed by atoms with Crippen LogP contribution >= 0.6 is 0 Å². The van der Waals surface area contributed by atoms with Crippen molar-refractivity contribution in [3.8, 4) is 11.5 Å². The summed E-state index contributed by atoms with van der Waals surface area (Å²) >= 11 is 0. The summed E-state index contributed by atoms with van der Waals surface area (Å²) in [6.45, 7) is 7.01. The molecule has 4 nitrogen and oxygen atoms in total. The average Bonchev–Trinajstić information content (AvgIpc) is 2.37. The van der Waals surface area contributed by atoms with Crippen LogP contribution in [0.2, 0.25) is 0 Å². The Hall–Kier alpha value is -1.26. The van der Waals surface area contributed by atoms with Crippen LogP contribution < -0.4 is 14.8 Å².